The summed E-state index contributed by atoms with van der Waals surface area (Å²) >= 11 is 1.48. The Kier molecular flexibility index (Phi) is 5.05. The van der Waals surface area contributed by atoms with Gasteiger partial charge in [0, 0.05) is 5.75 Å². The summed E-state index contributed by atoms with van der Waals surface area (Å²) in [6.45, 7) is 2.31. The predicted molar refractivity (Wildman–Crippen MR) is 92.1 cm³/mol. The lowest BCUT2D eigenvalue weighted by Gasteiger charge is -2.10. The third-order valence-electron chi connectivity index (χ3n) is 3.57. The number of benzene rings is 2. The number of imidazole rings is 1. The number of aromatic nitrogens is 2. The van der Waals surface area contributed by atoms with Crippen molar-refractivity contribution in [2.24, 2.45) is 0 Å². The highest BCUT2D eigenvalue weighted by atomic mass is 32.2. The summed E-state index contributed by atoms with van der Waals surface area (Å²) in [5.41, 5.74) is 2.66. The van der Waals surface area contributed by atoms with Crippen LogP contribution in [0.5, 0.6) is 5.75 Å². The number of aryl methyl sites for hydroxylation is 1. The fourth-order valence-corrected chi connectivity index (χ4v) is 3.28. The fraction of sp³-hybridized carbons (Fsp3) is 0.222. The van der Waals surface area contributed by atoms with E-state index in [1.807, 2.05) is 55.5 Å². The quantitative estimate of drug-likeness (QED) is 0.487. The zero-order valence-corrected chi connectivity index (χ0v) is 14.1. The maximum Gasteiger partial charge on any atom is 0.169 e. The van der Waals surface area contributed by atoms with Gasteiger partial charge in [0.05, 0.1) is 30.2 Å². The van der Waals surface area contributed by atoms with Gasteiger partial charge >= 0.3 is 0 Å². The van der Waals surface area contributed by atoms with E-state index in [-0.39, 0.29) is 6.54 Å². The van der Waals surface area contributed by atoms with E-state index in [1.165, 1.54) is 11.8 Å². The van der Waals surface area contributed by atoms with Gasteiger partial charge in [0.25, 0.3) is 0 Å². The normalized spacial score (nSPS) is 10.9. The van der Waals surface area contributed by atoms with Gasteiger partial charge in [-0.25, -0.2) is 4.98 Å². The number of carboxylic acid groups (broad SMARTS) is 1. The Balaban J connectivity index is 1.68. The highest BCUT2D eigenvalue weighted by Gasteiger charge is 2.11. The molecule has 24 heavy (non-hydrogen) atoms. The zero-order chi connectivity index (χ0) is 16.9. The van der Waals surface area contributed by atoms with Gasteiger partial charge in [-0.1, -0.05) is 42.1 Å². The van der Waals surface area contributed by atoms with E-state index in [0.29, 0.717) is 17.5 Å². The number of carbonyl (C=O) groups excluding carboxylic acids is 1. The average Bonchev–Trinajstić information content (AvgIpc) is 2.90. The molecule has 0 saturated heterocycles. The first-order valence-electron chi connectivity index (χ1n) is 7.61. The number of carboxylic acids is 1. The van der Waals surface area contributed by atoms with Crippen molar-refractivity contribution in [1.29, 1.82) is 0 Å². The van der Waals surface area contributed by atoms with E-state index in [1.54, 1.807) is 4.57 Å². The Hall–Kier alpha value is -2.47. The van der Waals surface area contributed by atoms with E-state index >= 15 is 0 Å². The van der Waals surface area contributed by atoms with Gasteiger partial charge in [-0.05, 0) is 30.7 Å². The van der Waals surface area contributed by atoms with E-state index < -0.39 is 5.97 Å². The van der Waals surface area contributed by atoms with Gasteiger partial charge in [-0.2, -0.15) is 0 Å². The van der Waals surface area contributed by atoms with E-state index in [9.17, 15) is 9.90 Å². The van der Waals surface area contributed by atoms with Gasteiger partial charge < -0.3 is 19.2 Å². The van der Waals surface area contributed by atoms with Gasteiger partial charge in [-0.15, -0.1) is 0 Å². The molecule has 124 valence electrons. The number of hydrogen-bond acceptors (Lipinski definition) is 5. The molecule has 0 aliphatic carbocycles. The Morgan fingerprint density at radius 2 is 1.96 bits per heavy atom. The smallest absolute Gasteiger partial charge is 0.169 e. The second-order valence-corrected chi connectivity index (χ2v) is 6.37. The van der Waals surface area contributed by atoms with Crippen LogP contribution in [0, 0.1) is 6.92 Å². The number of nitrogens with zero attached hydrogens (tertiary/aromatic N) is 2. The van der Waals surface area contributed by atoms with Crippen LogP contribution in [0.1, 0.15) is 5.56 Å². The lowest BCUT2D eigenvalue weighted by atomic mass is 10.2. The van der Waals surface area contributed by atoms with E-state index in [0.717, 1.165) is 22.3 Å². The molecule has 1 heterocycles. The van der Waals surface area contributed by atoms with Crippen LogP contribution >= 0.6 is 11.8 Å². The topological polar surface area (TPSA) is 67.2 Å². The Bertz CT molecular complexity index is 860. The molecule has 0 atom stereocenters. The van der Waals surface area contributed by atoms with Crippen molar-refractivity contribution >= 4 is 28.8 Å². The minimum Gasteiger partial charge on any atom is -0.548 e. The summed E-state index contributed by atoms with van der Waals surface area (Å²) in [4.78, 5) is 15.5. The molecule has 5 nitrogen and oxygen atoms in total. The van der Waals surface area contributed by atoms with Crippen molar-refractivity contribution in [1.82, 2.24) is 9.55 Å². The summed E-state index contributed by atoms with van der Waals surface area (Å²) in [5, 5.41) is 11.7. The molecule has 0 radical (unpaired) electrons. The van der Waals surface area contributed by atoms with Gasteiger partial charge in [0.2, 0.25) is 0 Å². The molecule has 1 aromatic heterocycles. The number of hydrogen-bond donors (Lipinski definition) is 0. The number of rotatable bonds is 7. The summed E-state index contributed by atoms with van der Waals surface area (Å²) in [6.07, 6.45) is 0. The van der Waals surface area contributed by atoms with Crippen molar-refractivity contribution in [2.75, 3.05) is 12.4 Å². The second kappa shape index (κ2) is 7.40. The van der Waals surface area contributed by atoms with Crippen LogP contribution in [0.3, 0.4) is 0 Å². The predicted octanol–water partition coefficient (Wildman–Crippen LogP) is 2.27. The molecule has 0 spiro atoms. The van der Waals surface area contributed by atoms with Crippen LogP contribution in [-0.4, -0.2) is 27.9 Å². The lowest BCUT2D eigenvalue weighted by molar-refractivity contribution is -0.306. The summed E-state index contributed by atoms with van der Waals surface area (Å²) in [5.74, 6) is 0.405. The third-order valence-corrected chi connectivity index (χ3v) is 4.51. The maximum absolute atomic E-state index is 11.0. The molecule has 0 N–H and O–H groups in total. The van der Waals surface area contributed by atoms with Crippen LogP contribution in [0.2, 0.25) is 0 Å². The molecule has 3 aromatic rings. The number of fused-ring (bicyclic) bond motifs is 1. The van der Waals surface area contributed by atoms with Crippen LogP contribution in [-0.2, 0) is 11.3 Å². The van der Waals surface area contributed by atoms with Crippen molar-refractivity contribution in [3.05, 3.63) is 54.1 Å². The van der Waals surface area contributed by atoms with Crippen molar-refractivity contribution < 1.29 is 14.6 Å². The molecule has 0 amide bonds. The number of carbonyl (C=O) groups is 1. The third kappa shape index (κ3) is 3.71. The monoisotopic (exact) mass is 341 g/mol. The minimum absolute atomic E-state index is 0.207. The molecule has 0 saturated carbocycles. The molecule has 6 heteroatoms. The first kappa shape index (κ1) is 16.4. The Morgan fingerprint density at radius 3 is 2.75 bits per heavy atom. The number of thioether (sulfide) groups is 1. The second-order valence-electron chi connectivity index (χ2n) is 5.30. The number of ether oxygens (including phenoxy) is 1. The molecular formula is C18H17N2O3S-. The molecule has 0 unspecified atom stereocenters. The molecular weight excluding hydrogens is 324 g/mol. The van der Waals surface area contributed by atoms with Crippen LogP contribution in [0.25, 0.3) is 11.0 Å². The van der Waals surface area contributed by atoms with Crippen LogP contribution in [0.4, 0.5) is 0 Å². The standard InChI is InChI=1S/C18H18N2O3S/c1-13-6-2-5-9-16(13)23-10-11-24-18-19-14-7-3-4-8-15(14)20(18)12-17(21)22/h2-9H,10-12H2,1H3,(H,21,22)/p-1. The average molecular weight is 341 g/mol. The van der Waals surface area contributed by atoms with Gasteiger partial charge in [0.1, 0.15) is 5.75 Å². The van der Waals surface area contributed by atoms with Crippen molar-refractivity contribution in [3.63, 3.8) is 0 Å². The number of para-hydroxylation sites is 3. The summed E-state index contributed by atoms with van der Waals surface area (Å²) < 4.78 is 7.44. The molecule has 0 fully saturated rings. The van der Waals surface area contributed by atoms with Crippen molar-refractivity contribution in [2.45, 2.75) is 18.6 Å². The Morgan fingerprint density at radius 1 is 1.21 bits per heavy atom. The Labute approximate surface area is 144 Å². The molecule has 2 aromatic carbocycles. The lowest BCUT2D eigenvalue weighted by Crippen LogP contribution is -2.27. The number of aliphatic carboxylic acids is 1. The summed E-state index contributed by atoms with van der Waals surface area (Å²) in [7, 11) is 0. The minimum atomic E-state index is -1.13. The zero-order valence-electron chi connectivity index (χ0n) is 13.3. The SMILES string of the molecule is Cc1ccccc1OCCSc1nc2ccccc2n1CC(=O)[O-]. The first-order chi connectivity index (χ1) is 11.6. The van der Waals surface area contributed by atoms with Crippen LogP contribution in [0.15, 0.2) is 53.7 Å². The van der Waals surface area contributed by atoms with E-state index in [4.69, 9.17) is 4.74 Å². The largest absolute Gasteiger partial charge is 0.548 e. The van der Waals surface area contributed by atoms with Gasteiger partial charge in [0.15, 0.2) is 5.16 Å². The van der Waals surface area contributed by atoms with Crippen molar-refractivity contribution in [3.8, 4) is 5.75 Å². The van der Waals surface area contributed by atoms with E-state index in [2.05, 4.69) is 4.98 Å². The fourth-order valence-electron chi connectivity index (χ4n) is 2.45. The molecule has 0 aliphatic rings. The van der Waals surface area contributed by atoms with Crippen LogP contribution < -0.4 is 9.84 Å². The highest BCUT2D eigenvalue weighted by Crippen LogP contribution is 2.24. The molecule has 0 aliphatic heterocycles. The summed E-state index contributed by atoms with van der Waals surface area (Å²) in [6, 6.07) is 15.3. The molecule has 0 bridgehead atoms. The highest BCUT2D eigenvalue weighted by molar-refractivity contribution is 7.99. The first-order valence-corrected chi connectivity index (χ1v) is 8.60. The maximum atomic E-state index is 11.0. The van der Waals surface area contributed by atoms with Gasteiger partial charge in [-0.3, -0.25) is 0 Å². The molecule has 3 rings (SSSR count).